The molecule has 25 heavy (non-hydrogen) atoms. The van der Waals surface area contributed by atoms with E-state index in [0.717, 1.165) is 24.5 Å². The number of benzene rings is 2. The maximum Gasteiger partial charge on any atom is 4.00 e. The van der Waals surface area contributed by atoms with Crippen molar-refractivity contribution in [3.63, 3.8) is 0 Å². The minimum atomic E-state index is 0. The molecule has 0 aliphatic rings. The second-order valence-corrected chi connectivity index (χ2v) is 5.39. The summed E-state index contributed by atoms with van der Waals surface area (Å²) in [5.41, 5.74) is 7.50. The van der Waals surface area contributed by atoms with Gasteiger partial charge in [0.1, 0.15) is 0 Å². The molecule has 0 bridgehead atoms. The molecule has 0 fully saturated rings. The summed E-state index contributed by atoms with van der Waals surface area (Å²) in [7, 11) is 0. The zero-order valence-corrected chi connectivity index (χ0v) is 18.5. The Labute approximate surface area is 170 Å². The quantitative estimate of drug-likeness (QED) is 0.689. The molecule has 136 valence electrons. The van der Waals surface area contributed by atoms with E-state index in [1.54, 1.807) is 0 Å². The molecule has 0 aliphatic carbocycles. The largest absolute Gasteiger partial charge is 4.00 e. The van der Waals surface area contributed by atoms with Crippen LogP contribution in [0.4, 0.5) is 11.4 Å². The smallest absolute Gasteiger partial charge is 1.00 e. The fourth-order valence-corrected chi connectivity index (χ4v) is 2.15. The molecule has 0 N–H and O–H groups in total. The van der Waals surface area contributed by atoms with Crippen LogP contribution < -0.4 is 9.41 Å². The van der Waals surface area contributed by atoms with Gasteiger partial charge in [-0.05, 0) is 38.8 Å². The number of halogens is 2. The molecule has 0 aliphatic heterocycles. The maximum absolute atomic E-state index is 4.37. The molecule has 2 aromatic rings. The number of aryl methyl sites for hydroxylation is 2. The van der Waals surface area contributed by atoms with Gasteiger partial charge in [0.15, 0.2) is 0 Å². The van der Waals surface area contributed by atoms with Gasteiger partial charge in [-0.1, -0.05) is 61.4 Å². The molecule has 0 atom stereocenters. The molecule has 2 rings (SSSR count). The first-order valence-corrected chi connectivity index (χ1v) is 7.98. The third-order valence-corrected chi connectivity index (χ3v) is 3.81. The van der Waals surface area contributed by atoms with Crippen molar-refractivity contribution in [3.05, 3.63) is 69.3 Å². The molecule has 5 heteroatoms. The van der Waals surface area contributed by atoms with Crippen molar-refractivity contribution < 1.29 is 35.6 Å². The fraction of sp³-hybridized carbons (Fsp3) is 0.400. The van der Waals surface area contributed by atoms with Gasteiger partial charge in [0.05, 0.1) is 0 Å². The molecule has 0 aromatic heterocycles. The SMILES string of the molecule is CC[N-]c1cccc(C)c1C.CC[N-]c1cccc(C)c1C.[F-].[F-].[Zr+4]. The van der Waals surface area contributed by atoms with Crippen molar-refractivity contribution in [3.8, 4) is 0 Å². The normalized spacial score (nSPS) is 8.56. The fourth-order valence-electron chi connectivity index (χ4n) is 2.15. The second kappa shape index (κ2) is 15.1. The predicted molar refractivity (Wildman–Crippen MR) is 99.0 cm³/mol. The zero-order chi connectivity index (χ0) is 16.5. The van der Waals surface area contributed by atoms with Crippen molar-refractivity contribution in [2.24, 2.45) is 0 Å². The van der Waals surface area contributed by atoms with E-state index < -0.39 is 0 Å². The van der Waals surface area contributed by atoms with Crippen molar-refractivity contribution in [1.82, 2.24) is 0 Å². The first-order chi connectivity index (χ1) is 10.5. The molecule has 2 aromatic carbocycles. The van der Waals surface area contributed by atoms with Gasteiger partial charge in [-0.15, -0.1) is 24.5 Å². The molecular weight excluding hydrogens is 397 g/mol. The first kappa shape index (κ1) is 28.6. The Bertz CT molecular complexity index is 551. The molecule has 0 spiro atoms. The Morgan fingerprint density at radius 2 is 0.960 bits per heavy atom. The van der Waals surface area contributed by atoms with Crippen molar-refractivity contribution in [1.29, 1.82) is 0 Å². The number of hydrogen-bond acceptors (Lipinski definition) is 0. The van der Waals surface area contributed by atoms with Gasteiger partial charge in [-0.25, -0.2) is 0 Å². The van der Waals surface area contributed by atoms with E-state index in [9.17, 15) is 0 Å². The summed E-state index contributed by atoms with van der Waals surface area (Å²) in [4.78, 5) is 0. The topological polar surface area (TPSA) is 28.2 Å². The van der Waals surface area contributed by atoms with Crippen LogP contribution in [0.15, 0.2) is 36.4 Å². The third kappa shape index (κ3) is 9.16. The Kier molecular flexibility index (Phi) is 17.2. The van der Waals surface area contributed by atoms with Crippen LogP contribution >= 0.6 is 0 Å². The van der Waals surface area contributed by atoms with E-state index >= 15 is 0 Å². The molecule has 0 radical (unpaired) electrons. The molecular formula is C20H28F2N2Zr. The average molecular weight is 426 g/mol. The van der Waals surface area contributed by atoms with Crippen LogP contribution in [0.1, 0.15) is 36.1 Å². The van der Waals surface area contributed by atoms with Gasteiger partial charge in [0.25, 0.3) is 0 Å². The van der Waals surface area contributed by atoms with Crippen LogP contribution in [-0.4, -0.2) is 13.1 Å². The Hall–Kier alpha value is -1.22. The summed E-state index contributed by atoms with van der Waals surface area (Å²) in [6.45, 7) is 14.3. The summed E-state index contributed by atoms with van der Waals surface area (Å²) in [5.74, 6) is 0. The first-order valence-electron chi connectivity index (χ1n) is 7.98. The monoisotopic (exact) mass is 424 g/mol. The van der Waals surface area contributed by atoms with Gasteiger partial charge >= 0.3 is 26.2 Å². The number of rotatable bonds is 4. The summed E-state index contributed by atoms with van der Waals surface area (Å²) >= 11 is 0. The summed E-state index contributed by atoms with van der Waals surface area (Å²) in [6, 6.07) is 12.5. The van der Waals surface area contributed by atoms with E-state index in [-0.39, 0.29) is 35.6 Å². The summed E-state index contributed by atoms with van der Waals surface area (Å²) in [6.07, 6.45) is 0. The van der Waals surface area contributed by atoms with Crippen LogP contribution in [0.25, 0.3) is 10.6 Å². The minimum absolute atomic E-state index is 0. The van der Waals surface area contributed by atoms with E-state index in [0.29, 0.717) is 0 Å². The van der Waals surface area contributed by atoms with Crippen molar-refractivity contribution in [2.45, 2.75) is 41.5 Å². The van der Waals surface area contributed by atoms with Crippen LogP contribution in [0.3, 0.4) is 0 Å². The van der Waals surface area contributed by atoms with Gasteiger partial charge < -0.3 is 20.0 Å². The van der Waals surface area contributed by atoms with Crippen LogP contribution in [0.5, 0.6) is 0 Å². The second-order valence-electron chi connectivity index (χ2n) is 5.39. The number of nitrogens with zero attached hydrogens (tertiary/aromatic N) is 2. The Morgan fingerprint density at radius 3 is 1.24 bits per heavy atom. The molecule has 0 saturated heterocycles. The van der Waals surface area contributed by atoms with E-state index in [1.165, 1.54) is 22.3 Å². The summed E-state index contributed by atoms with van der Waals surface area (Å²) < 4.78 is 0. The maximum atomic E-state index is 4.37. The zero-order valence-electron chi connectivity index (χ0n) is 16.0. The van der Waals surface area contributed by atoms with Gasteiger partial charge in [0.2, 0.25) is 0 Å². The molecule has 0 amide bonds. The van der Waals surface area contributed by atoms with Crippen LogP contribution in [-0.2, 0) is 26.2 Å². The van der Waals surface area contributed by atoms with E-state index in [2.05, 4.69) is 88.6 Å². The van der Waals surface area contributed by atoms with Gasteiger partial charge in [-0.3, -0.25) is 0 Å². The minimum Gasteiger partial charge on any atom is -1.00 e. The van der Waals surface area contributed by atoms with Crippen LogP contribution in [0, 0.1) is 27.7 Å². The van der Waals surface area contributed by atoms with E-state index in [4.69, 9.17) is 0 Å². The van der Waals surface area contributed by atoms with Crippen molar-refractivity contribution >= 4 is 11.4 Å². The molecule has 0 unspecified atom stereocenters. The van der Waals surface area contributed by atoms with Crippen molar-refractivity contribution in [2.75, 3.05) is 13.1 Å². The van der Waals surface area contributed by atoms with Gasteiger partial charge in [0, 0.05) is 0 Å². The van der Waals surface area contributed by atoms with E-state index in [1.807, 2.05) is 0 Å². The summed E-state index contributed by atoms with van der Waals surface area (Å²) in [5, 5.41) is 8.73. The molecule has 0 heterocycles. The molecule has 0 saturated carbocycles. The Balaban J connectivity index is -0.000000346. The number of hydrogen-bond donors (Lipinski definition) is 0. The van der Waals surface area contributed by atoms with Crippen LogP contribution in [0.2, 0.25) is 0 Å². The standard InChI is InChI=1S/2C10H14N.2FH.Zr/c2*1-4-11-10-7-5-6-8(2)9(10)3;;;/h2*5-7H,4H2,1-3H3;2*1H;/q2*-1;;;+4/p-2. The average Bonchev–Trinajstić information content (AvgIpc) is 2.50. The predicted octanol–water partition coefficient (Wildman–Crippen LogP) is 0.663. The third-order valence-electron chi connectivity index (χ3n) is 3.81. The molecule has 2 nitrogen and oxygen atoms in total. The van der Waals surface area contributed by atoms with Gasteiger partial charge in [-0.2, -0.15) is 0 Å². The Morgan fingerprint density at radius 1 is 0.640 bits per heavy atom.